The summed E-state index contributed by atoms with van der Waals surface area (Å²) in [6.07, 6.45) is -6.93. The molecule has 5 N–H and O–H groups in total. The van der Waals surface area contributed by atoms with Crippen LogP contribution in [0.5, 0.6) is 11.5 Å². The summed E-state index contributed by atoms with van der Waals surface area (Å²) in [4.78, 5) is 0. The van der Waals surface area contributed by atoms with Gasteiger partial charge < -0.3 is 35.0 Å². The van der Waals surface area contributed by atoms with Crippen molar-refractivity contribution < 1.29 is 35.0 Å². The van der Waals surface area contributed by atoms with Crippen molar-refractivity contribution in [3.8, 4) is 11.5 Å². The molecule has 5 atom stereocenters. The Kier molecular flexibility index (Phi) is 4.38. The molecule has 0 bridgehead atoms. The van der Waals surface area contributed by atoms with E-state index in [0.29, 0.717) is 5.39 Å². The quantitative estimate of drug-likeness (QED) is 0.527. The average Bonchev–Trinajstić information content (AvgIpc) is 2.57. The van der Waals surface area contributed by atoms with Crippen molar-refractivity contribution in [1.29, 1.82) is 0 Å². The van der Waals surface area contributed by atoms with Crippen molar-refractivity contribution in [3.05, 3.63) is 36.4 Å². The molecule has 1 aliphatic rings. The van der Waals surface area contributed by atoms with Gasteiger partial charge in [-0.1, -0.05) is 30.3 Å². The van der Waals surface area contributed by atoms with Crippen LogP contribution in [-0.2, 0) is 4.74 Å². The van der Waals surface area contributed by atoms with Crippen LogP contribution in [-0.4, -0.2) is 62.8 Å². The smallest absolute Gasteiger partial charge is 0.229 e. The summed E-state index contributed by atoms with van der Waals surface area (Å²) in [6.45, 7) is -0.547. The summed E-state index contributed by atoms with van der Waals surface area (Å²) in [7, 11) is 0. The van der Waals surface area contributed by atoms with Crippen LogP contribution in [0.25, 0.3) is 10.8 Å². The average molecular weight is 322 g/mol. The zero-order valence-corrected chi connectivity index (χ0v) is 12.1. The lowest BCUT2D eigenvalue weighted by Gasteiger charge is -2.39. The fraction of sp³-hybridized carbons (Fsp3) is 0.375. The molecule has 7 nitrogen and oxygen atoms in total. The van der Waals surface area contributed by atoms with Gasteiger partial charge in [0.25, 0.3) is 0 Å². The highest BCUT2D eigenvalue weighted by molar-refractivity contribution is 5.90. The van der Waals surface area contributed by atoms with E-state index >= 15 is 0 Å². The van der Waals surface area contributed by atoms with Crippen molar-refractivity contribution in [2.75, 3.05) is 6.61 Å². The topological polar surface area (TPSA) is 120 Å². The fourth-order valence-electron chi connectivity index (χ4n) is 2.62. The lowest BCUT2D eigenvalue weighted by Crippen LogP contribution is -2.60. The number of aromatic hydroxyl groups is 1. The minimum absolute atomic E-state index is 0.0630. The summed E-state index contributed by atoms with van der Waals surface area (Å²) < 4.78 is 10.7. The van der Waals surface area contributed by atoms with Gasteiger partial charge >= 0.3 is 0 Å². The summed E-state index contributed by atoms with van der Waals surface area (Å²) in [5.41, 5.74) is 0. The van der Waals surface area contributed by atoms with Crippen molar-refractivity contribution in [1.82, 2.24) is 0 Å². The number of aliphatic hydroxyl groups is 4. The second-order valence-corrected chi connectivity index (χ2v) is 5.45. The normalized spacial score (nSPS) is 31.2. The van der Waals surface area contributed by atoms with E-state index < -0.39 is 37.3 Å². The molecule has 0 unspecified atom stereocenters. The van der Waals surface area contributed by atoms with Gasteiger partial charge in [0.2, 0.25) is 6.29 Å². The summed E-state index contributed by atoms with van der Waals surface area (Å²) in [5.74, 6) is -0.0620. The number of benzene rings is 2. The summed E-state index contributed by atoms with van der Waals surface area (Å²) in [6, 6.07) is 10.4. The van der Waals surface area contributed by atoms with E-state index in [-0.39, 0.29) is 11.5 Å². The third-order valence-electron chi connectivity index (χ3n) is 3.96. The van der Waals surface area contributed by atoms with Gasteiger partial charge in [-0.05, 0) is 11.5 Å². The molecular weight excluding hydrogens is 304 g/mol. The van der Waals surface area contributed by atoms with E-state index in [1.807, 2.05) is 12.1 Å². The number of hydrogen-bond donors (Lipinski definition) is 5. The van der Waals surface area contributed by atoms with E-state index in [4.69, 9.17) is 14.6 Å². The standard InChI is InChI=1S/C16H18O7/c17-7-11-13(19)14(20)15(21)16(23-11)22-10-6-5-8-3-1-2-4-9(8)12(10)18/h1-6,11,13-21H,7H2/t11-,13-,14+,15-,16-/m1/s1. The van der Waals surface area contributed by atoms with Gasteiger partial charge in [-0.25, -0.2) is 0 Å². The van der Waals surface area contributed by atoms with Crippen molar-refractivity contribution >= 4 is 10.8 Å². The molecule has 0 amide bonds. The van der Waals surface area contributed by atoms with E-state index in [2.05, 4.69) is 0 Å². The maximum absolute atomic E-state index is 10.3. The number of fused-ring (bicyclic) bond motifs is 1. The van der Waals surface area contributed by atoms with E-state index in [1.54, 1.807) is 18.2 Å². The van der Waals surface area contributed by atoms with E-state index in [0.717, 1.165) is 5.39 Å². The zero-order valence-electron chi connectivity index (χ0n) is 12.1. The van der Waals surface area contributed by atoms with Crippen LogP contribution in [0.3, 0.4) is 0 Å². The van der Waals surface area contributed by atoms with Gasteiger partial charge in [-0.2, -0.15) is 0 Å². The Hall–Kier alpha value is -1.90. The second-order valence-electron chi connectivity index (χ2n) is 5.45. The van der Waals surface area contributed by atoms with Crippen LogP contribution in [0.1, 0.15) is 0 Å². The molecule has 1 aliphatic heterocycles. The van der Waals surface area contributed by atoms with Crippen molar-refractivity contribution in [2.24, 2.45) is 0 Å². The second kappa shape index (κ2) is 6.31. The molecule has 0 aliphatic carbocycles. The van der Waals surface area contributed by atoms with Gasteiger partial charge in [0.1, 0.15) is 24.4 Å². The molecule has 1 saturated heterocycles. The maximum atomic E-state index is 10.3. The lowest BCUT2D eigenvalue weighted by atomic mass is 9.99. The minimum atomic E-state index is -1.53. The number of aliphatic hydroxyl groups excluding tert-OH is 4. The van der Waals surface area contributed by atoms with Crippen LogP contribution in [0.2, 0.25) is 0 Å². The Labute approximate surface area is 131 Å². The predicted octanol–water partition coefficient (Wildman–Crippen LogP) is -0.276. The van der Waals surface area contributed by atoms with Crippen molar-refractivity contribution in [2.45, 2.75) is 30.7 Å². The van der Waals surface area contributed by atoms with Gasteiger partial charge in [-0.3, -0.25) is 0 Å². The van der Waals surface area contributed by atoms with Gasteiger partial charge in [0, 0.05) is 5.39 Å². The number of ether oxygens (including phenoxy) is 2. The monoisotopic (exact) mass is 322 g/mol. The molecule has 124 valence electrons. The first-order chi connectivity index (χ1) is 11.0. The van der Waals surface area contributed by atoms with E-state index in [9.17, 15) is 20.4 Å². The van der Waals surface area contributed by atoms with Crippen LogP contribution in [0.4, 0.5) is 0 Å². The number of phenols is 1. The number of hydrogen-bond acceptors (Lipinski definition) is 7. The molecule has 3 rings (SSSR count). The van der Waals surface area contributed by atoms with Crippen LogP contribution in [0, 0.1) is 0 Å². The maximum Gasteiger partial charge on any atom is 0.229 e. The Morgan fingerprint density at radius 1 is 0.957 bits per heavy atom. The fourth-order valence-corrected chi connectivity index (χ4v) is 2.62. The molecule has 1 fully saturated rings. The lowest BCUT2D eigenvalue weighted by molar-refractivity contribution is -0.277. The molecule has 2 aromatic rings. The molecule has 0 spiro atoms. The van der Waals surface area contributed by atoms with Crippen LogP contribution >= 0.6 is 0 Å². The Bertz CT molecular complexity index is 687. The first-order valence-electron chi connectivity index (χ1n) is 7.21. The van der Waals surface area contributed by atoms with Gasteiger partial charge in [-0.15, -0.1) is 0 Å². The van der Waals surface area contributed by atoms with Gasteiger partial charge in [0.05, 0.1) is 6.61 Å². The zero-order chi connectivity index (χ0) is 16.6. The van der Waals surface area contributed by atoms with Gasteiger partial charge in [0.15, 0.2) is 11.5 Å². The number of rotatable bonds is 3. The highest BCUT2D eigenvalue weighted by Crippen LogP contribution is 2.36. The van der Waals surface area contributed by atoms with E-state index in [1.165, 1.54) is 6.07 Å². The third kappa shape index (κ3) is 2.85. The molecule has 0 radical (unpaired) electrons. The molecule has 1 heterocycles. The van der Waals surface area contributed by atoms with Crippen LogP contribution < -0.4 is 4.74 Å². The molecule has 23 heavy (non-hydrogen) atoms. The molecule has 7 heteroatoms. The Balaban J connectivity index is 1.87. The first kappa shape index (κ1) is 16.0. The largest absolute Gasteiger partial charge is 0.504 e. The SMILES string of the molecule is OC[C@H]1O[C@@H](Oc2ccc3ccccc3c2O)[C@H](O)[C@@H](O)[C@@H]1O. The predicted molar refractivity (Wildman–Crippen MR) is 80.0 cm³/mol. The Morgan fingerprint density at radius 3 is 2.43 bits per heavy atom. The molecule has 0 aromatic heterocycles. The summed E-state index contributed by atoms with van der Waals surface area (Å²) >= 11 is 0. The van der Waals surface area contributed by atoms with Crippen LogP contribution in [0.15, 0.2) is 36.4 Å². The highest BCUT2D eigenvalue weighted by Gasteiger charge is 2.44. The highest BCUT2D eigenvalue weighted by atomic mass is 16.7. The Morgan fingerprint density at radius 2 is 1.70 bits per heavy atom. The third-order valence-corrected chi connectivity index (χ3v) is 3.96. The van der Waals surface area contributed by atoms with Crippen molar-refractivity contribution in [3.63, 3.8) is 0 Å². The summed E-state index contributed by atoms with van der Waals surface area (Å²) in [5, 5.41) is 50.3. The number of phenolic OH excluding ortho intramolecular Hbond substituents is 1. The minimum Gasteiger partial charge on any atom is -0.504 e. The molecule has 0 saturated carbocycles. The molecule has 2 aromatic carbocycles. The molecular formula is C16H18O7. The first-order valence-corrected chi connectivity index (χ1v) is 7.21.